The van der Waals surface area contributed by atoms with E-state index in [4.69, 9.17) is 5.73 Å². The van der Waals surface area contributed by atoms with Gasteiger partial charge in [-0.3, -0.25) is 9.59 Å². The maximum Gasteiger partial charge on any atom is 0.251 e. The predicted molar refractivity (Wildman–Crippen MR) is 85.2 cm³/mol. The Morgan fingerprint density at radius 2 is 1.71 bits per heavy atom. The Hall–Kier alpha value is -1.88. The molecule has 0 saturated heterocycles. The lowest BCUT2D eigenvalue weighted by molar-refractivity contribution is -0.126. The van der Waals surface area contributed by atoms with Gasteiger partial charge in [0.2, 0.25) is 5.91 Å². The molecule has 0 heterocycles. The second kappa shape index (κ2) is 5.85. The summed E-state index contributed by atoms with van der Waals surface area (Å²) in [7, 11) is 1.58. The van der Waals surface area contributed by atoms with Crippen LogP contribution in [0.2, 0.25) is 0 Å². The molecule has 0 unspecified atom stereocenters. The quantitative estimate of drug-likeness (QED) is 0.794. The number of carbonyl (C=O) groups excluding carboxylic acids is 2. The number of rotatable bonds is 4. The number of hydrogen-bond donors (Lipinski definition) is 3. The van der Waals surface area contributed by atoms with Crippen molar-refractivity contribution >= 4 is 17.5 Å². The Morgan fingerprint density at radius 3 is 2.14 bits per heavy atom. The summed E-state index contributed by atoms with van der Waals surface area (Å²) in [5.41, 5.74) is 6.78. The number of amides is 2. The van der Waals surface area contributed by atoms with E-state index in [1.54, 1.807) is 25.2 Å². The number of hydrogen-bond acceptors (Lipinski definition) is 3. The second-order valence-electron chi connectivity index (χ2n) is 6.41. The molecule has 1 aromatic carbocycles. The average molecular weight is 291 g/mol. The Morgan fingerprint density at radius 1 is 1.14 bits per heavy atom. The lowest BCUT2D eigenvalue weighted by Gasteiger charge is -2.37. The third-order valence-electron chi connectivity index (χ3n) is 4.14. The van der Waals surface area contributed by atoms with E-state index in [-0.39, 0.29) is 11.8 Å². The van der Waals surface area contributed by atoms with Gasteiger partial charge in [0.05, 0.1) is 5.41 Å². The van der Waals surface area contributed by atoms with Crippen molar-refractivity contribution in [2.75, 3.05) is 12.4 Å². The van der Waals surface area contributed by atoms with Crippen LogP contribution in [0.5, 0.6) is 0 Å². The molecule has 2 amide bonds. The summed E-state index contributed by atoms with van der Waals surface area (Å²) in [6.45, 7) is 9.14. The fourth-order valence-electron chi connectivity index (χ4n) is 1.66. The first-order valence-electron chi connectivity index (χ1n) is 6.93. The summed E-state index contributed by atoms with van der Waals surface area (Å²) >= 11 is 0. The van der Waals surface area contributed by atoms with Gasteiger partial charge in [-0.2, -0.15) is 0 Å². The molecule has 21 heavy (non-hydrogen) atoms. The number of benzene rings is 1. The third-order valence-corrected chi connectivity index (χ3v) is 4.14. The summed E-state index contributed by atoms with van der Waals surface area (Å²) < 4.78 is 0. The standard InChI is InChI=1S/C16H25N3O2/c1-10-9-11(13(20)18-6)7-8-12(10)19-14(21)15(2,3)16(4,5)17/h7-9H,17H2,1-6H3,(H,18,20)(H,19,21). The molecular formula is C16H25N3O2. The van der Waals surface area contributed by atoms with E-state index in [0.29, 0.717) is 11.3 Å². The maximum absolute atomic E-state index is 12.4. The highest BCUT2D eigenvalue weighted by Crippen LogP contribution is 2.30. The Balaban J connectivity index is 3.00. The van der Waals surface area contributed by atoms with E-state index >= 15 is 0 Å². The number of aryl methyl sites for hydroxylation is 1. The summed E-state index contributed by atoms with van der Waals surface area (Å²) in [6.07, 6.45) is 0. The van der Waals surface area contributed by atoms with Crippen molar-refractivity contribution in [2.24, 2.45) is 11.1 Å². The number of nitrogens with one attached hydrogen (secondary N) is 2. The first-order valence-corrected chi connectivity index (χ1v) is 6.93. The minimum absolute atomic E-state index is 0.147. The van der Waals surface area contributed by atoms with Gasteiger partial charge in [-0.1, -0.05) is 0 Å². The smallest absolute Gasteiger partial charge is 0.251 e. The molecule has 5 nitrogen and oxygen atoms in total. The zero-order valence-corrected chi connectivity index (χ0v) is 13.6. The van der Waals surface area contributed by atoms with Gasteiger partial charge in [-0.15, -0.1) is 0 Å². The third kappa shape index (κ3) is 3.61. The minimum atomic E-state index is -0.723. The molecule has 0 fully saturated rings. The summed E-state index contributed by atoms with van der Waals surface area (Å²) in [6, 6.07) is 5.16. The molecule has 1 rings (SSSR count). The van der Waals surface area contributed by atoms with E-state index < -0.39 is 11.0 Å². The van der Waals surface area contributed by atoms with Crippen molar-refractivity contribution in [1.29, 1.82) is 0 Å². The molecule has 0 aliphatic carbocycles. The lowest BCUT2D eigenvalue weighted by atomic mass is 9.74. The van der Waals surface area contributed by atoms with Crippen molar-refractivity contribution in [3.8, 4) is 0 Å². The van der Waals surface area contributed by atoms with Gasteiger partial charge < -0.3 is 16.4 Å². The molecule has 0 aliphatic rings. The molecule has 4 N–H and O–H groups in total. The van der Waals surface area contributed by atoms with Crippen LogP contribution in [0, 0.1) is 12.3 Å². The van der Waals surface area contributed by atoms with E-state index in [0.717, 1.165) is 5.56 Å². The van der Waals surface area contributed by atoms with Crippen LogP contribution < -0.4 is 16.4 Å². The van der Waals surface area contributed by atoms with Gasteiger partial charge in [0.1, 0.15) is 0 Å². The Bertz CT molecular complexity index is 557. The fraction of sp³-hybridized carbons (Fsp3) is 0.500. The summed E-state index contributed by atoms with van der Waals surface area (Å²) in [4.78, 5) is 24.0. The predicted octanol–water partition coefficient (Wildman–Crippen LogP) is 2.06. The normalized spacial score (nSPS) is 12.0. The average Bonchev–Trinajstić information content (AvgIpc) is 2.38. The van der Waals surface area contributed by atoms with Crippen molar-refractivity contribution in [3.63, 3.8) is 0 Å². The zero-order valence-electron chi connectivity index (χ0n) is 13.6. The van der Waals surface area contributed by atoms with Gasteiger partial charge >= 0.3 is 0 Å². The van der Waals surface area contributed by atoms with E-state index in [9.17, 15) is 9.59 Å². The van der Waals surface area contributed by atoms with Crippen LogP contribution in [0.4, 0.5) is 5.69 Å². The van der Waals surface area contributed by atoms with Gasteiger partial charge in [0.15, 0.2) is 0 Å². The zero-order chi connectivity index (χ0) is 16.4. The molecule has 5 heteroatoms. The second-order valence-corrected chi connectivity index (χ2v) is 6.41. The highest BCUT2D eigenvalue weighted by atomic mass is 16.2. The van der Waals surface area contributed by atoms with E-state index in [1.807, 2.05) is 34.6 Å². The van der Waals surface area contributed by atoms with Gasteiger partial charge in [-0.05, 0) is 58.4 Å². The van der Waals surface area contributed by atoms with E-state index in [2.05, 4.69) is 10.6 Å². The Kier molecular flexibility index (Phi) is 4.79. The van der Waals surface area contributed by atoms with Crippen LogP contribution in [-0.4, -0.2) is 24.4 Å². The molecule has 0 aliphatic heterocycles. The van der Waals surface area contributed by atoms with Crippen LogP contribution >= 0.6 is 0 Å². The van der Waals surface area contributed by atoms with Gasteiger partial charge in [0.25, 0.3) is 5.91 Å². The molecule has 0 atom stereocenters. The highest BCUT2D eigenvalue weighted by molar-refractivity contribution is 5.98. The number of carbonyl (C=O) groups is 2. The van der Waals surface area contributed by atoms with Crippen LogP contribution in [0.1, 0.15) is 43.6 Å². The first-order chi connectivity index (χ1) is 9.50. The molecule has 0 spiro atoms. The van der Waals surface area contributed by atoms with Crippen LogP contribution in [0.3, 0.4) is 0 Å². The van der Waals surface area contributed by atoms with Crippen molar-refractivity contribution in [1.82, 2.24) is 5.32 Å². The highest BCUT2D eigenvalue weighted by Gasteiger charge is 2.40. The molecule has 0 bridgehead atoms. The van der Waals surface area contributed by atoms with Crippen LogP contribution in [0.25, 0.3) is 0 Å². The maximum atomic E-state index is 12.4. The van der Waals surface area contributed by atoms with Crippen LogP contribution in [0.15, 0.2) is 18.2 Å². The van der Waals surface area contributed by atoms with Crippen LogP contribution in [-0.2, 0) is 4.79 Å². The molecule has 116 valence electrons. The minimum Gasteiger partial charge on any atom is -0.355 e. The molecule has 0 saturated carbocycles. The van der Waals surface area contributed by atoms with Crippen molar-refractivity contribution in [2.45, 2.75) is 40.2 Å². The van der Waals surface area contributed by atoms with Crippen molar-refractivity contribution < 1.29 is 9.59 Å². The van der Waals surface area contributed by atoms with Crippen molar-refractivity contribution in [3.05, 3.63) is 29.3 Å². The lowest BCUT2D eigenvalue weighted by Crippen LogP contribution is -2.53. The number of anilines is 1. The molecular weight excluding hydrogens is 266 g/mol. The Labute approximate surface area is 126 Å². The topological polar surface area (TPSA) is 84.2 Å². The monoisotopic (exact) mass is 291 g/mol. The summed E-state index contributed by atoms with van der Waals surface area (Å²) in [5.74, 6) is -0.301. The molecule has 1 aromatic rings. The van der Waals surface area contributed by atoms with Gasteiger partial charge in [0, 0.05) is 23.8 Å². The van der Waals surface area contributed by atoms with E-state index in [1.165, 1.54) is 0 Å². The van der Waals surface area contributed by atoms with Gasteiger partial charge in [-0.25, -0.2) is 0 Å². The summed E-state index contributed by atoms with van der Waals surface area (Å²) in [5, 5.41) is 5.46. The number of nitrogens with two attached hydrogens (primary N) is 1. The SMILES string of the molecule is CNC(=O)c1ccc(NC(=O)C(C)(C)C(C)(C)N)c(C)c1. The fourth-order valence-corrected chi connectivity index (χ4v) is 1.66. The largest absolute Gasteiger partial charge is 0.355 e. The molecule has 0 radical (unpaired) electrons. The molecule has 0 aromatic heterocycles. The first kappa shape index (κ1) is 17.2.